The molecule has 1 saturated heterocycles. The lowest BCUT2D eigenvalue weighted by Crippen LogP contribution is -2.60. The van der Waals surface area contributed by atoms with Gasteiger partial charge in [0.05, 0.1) is 38.6 Å². The Kier molecular flexibility index (Phi) is 9.87. The van der Waals surface area contributed by atoms with E-state index in [2.05, 4.69) is 10.0 Å². The predicted molar refractivity (Wildman–Crippen MR) is 135 cm³/mol. The van der Waals surface area contributed by atoms with Crippen LogP contribution in [-0.2, 0) is 43.5 Å². The van der Waals surface area contributed by atoms with E-state index in [-0.39, 0.29) is 6.61 Å². The van der Waals surface area contributed by atoms with Gasteiger partial charge in [-0.2, -0.15) is 0 Å². The number of benzene rings is 3. The van der Waals surface area contributed by atoms with Gasteiger partial charge in [0.25, 0.3) is 0 Å². The quantitative estimate of drug-likeness (QED) is 0.192. The summed E-state index contributed by atoms with van der Waals surface area (Å²) in [5, 5.41) is 4.10. The third-order valence-electron chi connectivity index (χ3n) is 6.00. The normalized spacial score (nSPS) is 23.6. The minimum Gasteiger partial charge on any atom is -0.374 e. The lowest BCUT2D eigenvalue weighted by Gasteiger charge is -2.44. The average Bonchev–Trinajstić information content (AvgIpc) is 2.93. The molecule has 0 bridgehead atoms. The summed E-state index contributed by atoms with van der Waals surface area (Å²) in [5.74, 6) is 0. The zero-order valence-corrected chi connectivity index (χ0v) is 20.3. The molecule has 1 fully saturated rings. The topological polar surface area (TPSA) is 94.9 Å². The molecule has 0 amide bonds. The van der Waals surface area contributed by atoms with E-state index < -0.39 is 30.6 Å². The molecule has 1 aliphatic rings. The number of nitrogens with zero attached hydrogens (tertiary/aromatic N) is 3. The summed E-state index contributed by atoms with van der Waals surface area (Å²) in [6.45, 7) is 1.29. The first-order chi connectivity index (χ1) is 17.8. The van der Waals surface area contributed by atoms with Crippen molar-refractivity contribution >= 4 is 0 Å². The molecule has 3 aromatic rings. The first-order valence-corrected chi connectivity index (χ1v) is 11.9. The van der Waals surface area contributed by atoms with E-state index in [0.717, 1.165) is 16.7 Å². The Morgan fingerprint density at radius 2 is 1.25 bits per heavy atom. The molecule has 1 aliphatic heterocycles. The van der Waals surface area contributed by atoms with E-state index in [9.17, 15) is 5.53 Å². The third-order valence-corrected chi connectivity index (χ3v) is 6.00. The maximum absolute atomic E-state index is 9.43. The number of hydrogen-bond donors (Lipinski definition) is 0. The molecule has 188 valence electrons. The first-order valence-electron chi connectivity index (χ1n) is 11.9. The fraction of sp³-hybridized carbons (Fsp3) is 0.357. The van der Waals surface area contributed by atoms with Crippen LogP contribution >= 0.6 is 0 Å². The minimum absolute atomic E-state index is 0.233. The van der Waals surface area contributed by atoms with Crippen LogP contribution in [0.1, 0.15) is 16.7 Å². The van der Waals surface area contributed by atoms with Crippen molar-refractivity contribution in [2.75, 3.05) is 13.7 Å². The summed E-state index contributed by atoms with van der Waals surface area (Å²) >= 11 is 0. The van der Waals surface area contributed by atoms with Gasteiger partial charge >= 0.3 is 0 Å². The zero-order valence-electron chi connectivity index (χ0n) is 20.3. The van der Waals surface area contributed by atoms with Gasteiger partial charge in [0.1, 0.15) is 12.2 Å². The summed E-state index contributed by atoms with van der Waals surface area (Å²) < 4.78 is 30.4. The lowest BCUT2D eigenvalue weighted by atomic mass is 9.96. The largest absolute Gasteiger partial charge is 0.374 e. The van der Waals surface area contributed by atoms with E-state index in [0.29, 0.717) is 19.8 Å². The van der Waals surface area contributed by atoms with E-state index in [1.165, 1.54) is 0 Å². The van der Waals surface area contributed by atoms with Crippen LogP contribution in [0.25, 0.3) is 10.4 Å². The van der Waals surface area contributed by atoms with Crippen LogP contribution in [0.4, 0.5) is 0 Å². The Hall–Kier alpha value is -3.23. The van der Waals surface area contributed by atoms with Crippen LogP contribution in [0.3, 0.4) is 0 Å². The van der Waals surface area contributed by atoms with Crippen molar-refractivity contribution in [1.29, 1.82) is 0 Å². The van der Waals surface area contributed by atoms with Crippen molar-refractivity contribution in [2.24, 2.45) is 5.11 Å². The summed E-state index contributed by atoms with van der Waals surface area (Å²) in [6, 6.07) is 28.8. The second-order valence-corrected chi connectivity index (χ2v) is 8.50. The molecule has 4 rings (SSSR count). The molecule has 36 heavy (non-hydrogen) atoms. The van der Waals surface area contributed by atoms with E-state index in [4.69, 9.17) is 23.7 Å². The Labute approximate surface area is 211 Å². The molecule has 3 aromatic carbocycles. The second kappa shape index (κ2) is 13.8. The summed E-state index contributed by atoms with van der Waals surface area (Å²) in [6.07, 6.45) is -2.57. The highest BCUT2D eigenvalue weighted by molar-refractivity contribution is 5.15. The maximum atomic E-state index is 9.43. The molecule has 8 heteroatoms. The zero-order chi connectivity index (χ0) is 25.0. The SMILES string of the molecule is CO[C@H]1O[C@H](COCc2ccccc2)[C@@H](OCc2ccccc2)[C@@H](N=[N+]=[N-])[C@@H]1OCc1ccccc1. The number of azide groups is 1. The van der Waals surface area contributed by atoms with E-state index in [1.807, 2.05) is 91.0 Å². The third kappa shape index (κ3) is 7.15. The summed E-state index contributed by atoms with van der Waals surface area (Å²) in [7, 11) is 1.55. The molecule has 0 unspecified atom stereocenters. The van der Waals surface area contributed by atoms with Crippen molar-refractivity contribution in [1.82, 2.24) is 0 Å². The first kappa shape index (κ1) is 25.9. The van der Waals surface area contributed by atoms with Gasteiger partial charge in [-0.1, -0.05) is 96.1 Å². The maximum Gasteiger partial charge on any atom is 0.184 e. The van der Waals surface area contributed by atoms with Gasteiger partial charge < -0.3 is 23.7 Å². The van der Waals surface area contributed by atoms with Crippen molar-refractivity contribution in [3.8, 4) is 0 Å². The van der Waals surface area contributed by atoms with Crippen LogP contribution in [0.15, 0.2) is 96.1 Å². The summed E-state index contributed by atoms with van der Waals surface area (Å²) in [4.78, 5) is 3.11. The van der Waals surface area contributed by atoms with Crippen molar-refractivity contribution < 1.29 is 23.7 Å². The summed E-state index contributed by atoms with van der Waals surface area (Å²) in [5.41, 5.74) is 12.5. The highest BCUT2D eigenvalue weighted by atomic mass is 16.7. The van der Waals surface area contributed by atoms with Crippen LogP contribution < -0.4 is 0 Å². The van der Waals surface area contributed by atoms with Crippen molar-refractivity contribution in [2.45, 2.75) is 50.5 Å². The molecule has 0 aromatic heterocycles. The Balaban J connectivity index is 1.52. The average molecular weight is 490 g/mol. The van der Waals surface area contributed by atoms with Crippen LogP contribution in [-0.4, -0.2) is 44.4 Å². The van der Waals surface area contributed by atoms with Gasteiger partial charge in [-0.15, -0.1) is 0 Å². The van der Waals surface area contributed by atoms with Gasteiger partial charge in [-0.25, -0.2) is 0 Å². The van der Waals surface area contributed by atoms with Gasteiger partial charge in [0.2, 0.25) is 0 Å². The monoisotopic (exact) mass is 489 g/mol. The molecule has 1 heterocycles. The van der Waals surface area contributed by atoms with Crippen LogP contribution in [0.2, 0.25) is 0 Å². The number of hydrogen-bond acceptors (Lipinski definition) is 6. The van der Waals surface area contributed by atoms with Gasteiger partial charge in [-0.3, -0.25) is 0 Å². The van der Waals surface area contributed by atoms with Gasteiger partial charge in [0, 0.05) is 12.0 Å². The standard InChI is InChI=1S/C28H31N3O5/c1-32-28-27(35-19-23-15-9-4-10-16-23)25(30-31-29)26(34-18-22-13-7-3-8-14-22)24(36-28)20-33-17-21-11-5-2-6-12-21/h2-16,24-28H,17-20H2,1H3/t24-,25-,26-,27+,28+/m1/s1. The molecule has 0 spiro atoms. The van der Waals surface area contributed by atoms with Gasteiger partial charge in [0.15, 0.2) is 6.29 Å². The van der Waals surface area contributed by atoms with Crippen LogP contribution in [0.5, 0.6) is 0 Å². The molecule has 0 radical (unpaired) electrons. The molecular weight excluding hydrogens is 458 g/mol. The van der Waals surface area contributed by atoms with Gasteiger partial charge in [-0.05, 0) is 22.2 Å². The Bertz CT molecular complexity index is 1080. The molecular formula is C28H31N3O5. The predicted octanol–water partition coefficient (Wildman–Crippen LogP) is 5.42. The number of rotatable bonds is 12. The second-order valence-electron chi connectivity index (χ2n) is 8.50. The molecule has 8 nitrogen and oxygen atoms in total. The number of methoxy groups -OCH3 is 1. The molecule has 0 N–H and O–H groups in total. The van der Waals surface area contributed by atoms with E-state index in [1.54, 1.807) is 7.11 Å². The van der Waals surface area contributed by atoms with Crippen molar-refractivity contribution in [3.63, 3.8) is 0 Å². The molecule has 5 atom stereocenters. The fourth-order valence-corrected chi connectivity index (χ4v) is 4.19. The van der Waals surface area contributed by atoms with Crippen LogP contribution in [0, 0.1) is 0 Å². The molecule has 0 saturated carbocycles. The highest BCUT2D eigenvalue weighted by Crippen LogP contribution is 2.30. The highest BCUT2D eigenvalue weighted by Gasteiger charge is 2.47. The molecule has 0 aliphatic carbocycles. The van der Waals surface area contributed by atoms with Crippen molar-refractivity contribution in [3.05, 3.63) is 118 Å². The number of ether oxygens (including phenoxy) is 5. The Morgan fingerprint density at radius 1 is 0.750 bits per heavy atom. The Morgan fingerprint density at radius 3 is 1.75 bits per heavy atom. The van der Waals surface area contributed by atoms with E-state index >= 15 is 0 Å². The fourth-order valence-electron chi connectivity index (χ4n) is 4.19. The smallest absolute Gasteiger partial charge is 0.184 e. The minimum atomic E-state index is -0.758. The lowest BCUT2D eigenvalue weighted by molar-refractivity contribution is -0.289.